The van der Waals surface area contributed by atoms with E-state index < -0.39 is 12.0 Å². The molecule has 11 nitrogen and oxygen atoms in total. The van der Waals surface area contributed by atoms with Crippen LogP contribution >= 0.6 is 0 Å². The molecule has 0 aromatic heterocycles. The highest BCUT2D eigenvalue weighted by Crippen LogP contribution is 1.95. The molecule has 0 radical (unpaired) electrons. The van der Waals surface area contributed by atoms with Gasteiger partial charge in [-0.2, -0.15) is 0 Å². The van der Waals surface area contributed by atoms with Gasteiger partial charge in [-0.25, -0.2) is 5.84 Å². The van der Waals surface area contributed by atoms with Gasteiger partial charge < -0.3 is 26.8 Å². The van der Waals surface area contributed by atoms with Gasteiger partial charge in [0, 0.05) is 45.4 Å². The monoisotopic (exact) mass is 360 g/mol. The molecule has 144 valence electrons. The lowest BCUT2D eigenvalue weighted by atomic mass is 10.1. The van der Waals surface area contributed by atoms with Crippen LogP contribution < -0.4 is 33.0 Å². The predicted octanol–water partition coefficient (Wildman–Crippen LogP) is -2.84. The van der Waals surface area contributed by atoms with E-state index in [4.69, 9.17) is 16.7 Å². The van der Waals surface area contributed by atoms with Crippen LogP contribution in [0.25, 0.3) is 0 Å². The largest absolute Gasteiger partial charge is 0.480 e. The van der Waals surface area contributed by atoms with E-state index >= 15 is 0 Å². The summed E-state index contributed by atoms with van der Waals surface area (Å²) in [6, 6.07) is -1.03. The van der Waals surface area contributed by atoms with Crippen molar-refractivity contribution in [2.24, 2.45) is 11.6 Å². The lowest BCUT2D eigenvalue weighted by Gasteiger charge is -2.09. The first-order valence-corrected chi connectivity index (χ1v) is 8.08. The fourth-order valence-corrected chi connectivity index (χ4v) is 1.77. The first kappa shape index (κ1) is 22.8. The van der Waals surface area contributed by atoms with Crippen molar-refractivity contribution in [1.29, 1.82) is 0 Å². The van der Waals surface area contributed by atoms with Crippen LogP contribution in [0.2, 0.25) is 0 Å². The topological polar surface area (TPSA) is 189 Å². The maximum absolute atomic E-state index is 11.5. The van der Waals surface area contributed by atoms with Crippen LogP contribution in [0.5, 0.6) is 0 Å². The average Bonchev–Trinajstić information content (AvgIpc) is 2.58. The first-order valence-electron chi connectivity index (χ1n) is 8.08. The quantitative estimate of drug-likeness (QED) is 0.0746. The van der Waals surface area contributed by atoms with Crippen LogP contribution in [0, 0.1) is 0 Å². The number of carbonyl (C=O) groups is 4. The van der Waals surface area contributed by atoms with Crippen molar-refractivity contribution in [3.8, 4) is 0 Å². The standard InChI is InChI=1S/C14H28N6O5/c15-10(14(24)25)4-5-12(22)19-9-7-17-6-8-18-11(21)2-1-3-13(23)20-16/h10,17H,1-9,15-16H2,(H,18,21)(H,19,22)(H,20,23)(H,24,25)/t10-/m0/s1. The van der Waals surface area contributed by atoms with Crippen molar-refractivity contribution >= 4 is 23.7 Å². The molecule has 9 N–H and O–H groups in total. The van der Waals surface area contributed by atoms with Crippen LogP contribution in [0.3, 0.4) is 0 Å². The zero-order valence-electron chi connectivity index (χ0n) is 14.2. The molecular formula is C14H28N6O5. The van der Waals surface area contributed by atoms with Crippen molar-refractivity contribution in [2.75, 3.05) is 26.2 Å². The normalized spacial score (nSPS) is 11.4. The molecule has 0 heterocycles. The van der Waals surface area contributed by atoms with Gasteiger partial charge in [-0.05, 0) is 12.8 Å². The summed E-state index contributed by atoms with van der Waals surface area (Å²) >= 11 is 0. The highest BCUT2D eigenvalue weighted by molar-refractivity contribution is 5.79. The van der Waals surface area contributed by atoms with Gasteiger partial charge in [-0.1, -0.05) is 0 Å². The van der Waals surface area contributed by atoms with Crippen LogP contribution in [0.15, 0.2) is 0 Å². The molecular weight excluding hydrogens is 332 g/mol. The van der Waals surface area contributed by atoms with Gasteiger partial charge in [0.15, 0.2) is 0 Å². The van der Waals surface area contributed by atoms with Crippen LogP contribution in [-0.2, 0) is 19.2 Å². The number of rotatable bonds is 14. The number of hydrogen-bond acceptors (Lipinski definition) is 7. The van der Waals surface area contributed by atoms with Crippen LogP contribution in [0.4, 0.5) is 0 Å². The van der Waals surface area contributed by atoms with Crippen LogP contribution in [-0.4, -0.2) is 61.0 Å². The first-order chi connectivity index (χ1) is 11.9. The van der Waals surface area contributed by atoms with E-state index in [2.05, 4.69) is 16.0 Å². The maximum Gasteiger partial charge on any atom is 0.320 e. The molecule has 0 fully saturated rings. The zero-order chi connectivity index (χ0) is 19.1. The van der Waals surface area contributed by atoms with E-state index in [-0.39, 0.29) is 43.4 Å². The Morgan fingerprint density at radius 1 is 0.840 bits per heavy atom. The number of hydrazine groups is 1. The van der Waals surface area contributed by atoms with Crippen molar-refractivity contribution in [3.63, 3.8) is 0 Å². The number of hydrogen-bond donors (Lipinski definition) is 7. The minimum atomic E-state index is -1.13. The van der Waals surface area contributed by atoms with Crippen molar-refractivity contribution in [3.05, 3.63) is 0 Å². The molecule has 25 heavy (non-hydrogen) atoms. The van der Waals surface area contributed by atoms with Gasteiger partial charge in [0.05, 0.1) is 0 Å². The maximum atomic E-state index is 11.5. The van der Waals surface area contributed by atoms with E-state index in [1.165, 1.54) is 0 Å². The van der Waals surface area contributed by atoms with Gasteiger partial charge in [0.2, 0.25) is 17.7 Å². The second-order valence-electron chi connectivity index (χ2n) is 5.35. The highest BCUT2D eigenvalue weighted by Gasteiger charge is 2.12. The Labute approximate surface area is 146 Å². The molecule has 1 atom stereocenters. The Bertz CT molecular complexity index is 445. The summed E-state index contributed by atoms with van der Waals surface area (Å²) < 4.78 is 0. The molecule has 0 spiro atoms. The Morgan fingerprint density at radius 2 is 1.36 bits per heavy atom. The minimum Gasteiger partial charge on any atom is -0.480 e. The minimum absolute atomic E-state index is 0.0612. The molecule has 0 aliphatic rings. The Morgan fingerprint density at radius 3 is 1.88 bits per heavy atom. The molecule has 11 heteroatoms. The SMILES string of the molecule is NNC(=O)CCCC(=O)NCCNCCNC(=O)CC[C@H](N)C(=O)O. The summed E-state index contributed by atoms with van der Waals surface area (Å²) in [6.45, 7) is 1.88. The van der Waals surface area contributed by atoms with Gasteiger partial charge in [-0.3, -0.25) is 24.6 Å². The van der Waals surface area contributed by atoms with E-state index in [0.717, 1.165) is 0 Å². The van der Waals surface area contributed by atoms with Gasteiger partial charge >= 0.3 is 5.97 Å². The fourth-order valence-electron chi connectivity index (χ4n) is 1.77. The molecule has 0 unspecified atom stereocenters. The number of carboxylic acids is 1. The van der Waals surface area contributed by atoms with E-state index in [1.54, 1.807) is 0 Å². The third kappa shape index (κ3) is 13.9. The van der Waals surface area contributed by atoms with E-state index in [0.29, 0.717) is 32.6 Å². The van der Waals surface area contributed by atoms with Crippen LogP contribution in [0.1, 0.15) is 32.1 Å². The predicted molar refractivity (Wildman–Crippen MR) is 89.9 cm³/mol. The summed E-state index contributed by atoms with van der Waals surface area (Å²) in [6.07, 6.45) is 1.04. The molecule has 0 aliphatic carbocycles. The molecule has 0 rings (SSSR count). The number of carbonyl (C=O) groups excluding carboxylic acids is 3. The fraction of sp³-hybridized carbons (Fsp3) is 0.714. The molecule has 0 saturated carbocycles. The molecule has 0 aromatic rings. The summed E-state index contributed by atoms with van der Waals surface area (Å²) in [5.74, 6) is 3.09. The second-order valence-corrected chi connectivity index (χ2v) is 5.35. The summed E-state index contributed by atoms with van der Waals surface area (Å²) in [5.41, 5.74) is 7.29. The average molecular weight is 360 g/mol. The number of amides is 3. The molecule has 0 bridgehead atoms. The molecule has 3 amide bonds. The zero-order valence-corrected chi connectivity index (χ0v) is 14.2. The van der Waals surface area contributed by atoms with E-state index in [1.807, 2.05) is 5.43 Å². The molecule has 0 saturated heterocycles. The summed E-state index contributed by atoms with van der Waals surface area (Å²) in [7, 11) is 0. The highest BCUT2D eigenvalue weighted by atomic mass is 16.4. The number of nitrogens with two attached hydrogens (primary N) is 2. The van der Waals surface area contributed by atoms with Gasteiger partial charge in [0.1, 0.15) is 6.04 Å². The van der Waals surface area contributed by atoms with E-state index in [9.17, 15) is 19.2 Å². The van der Waals surface area contributed by atoms with Crippen molar-refractivity contribution < 1.29 is 24.3 Å². The van der Waals surface area contributed by atoms with Crippen molar-refractivity contribution in [1.82, 2.24) is 21.4 Å². The number of aliphatic carboxylic acids is 1. The summed E-state index contributed by atoms with van der Waals surface area (Å²) in [4.78, 5) is 44.3. The lowest BCUT2D eigenvalue weighted by molar-refractivity contribution is -0.138. The number of carboxylic acid groups (broad SMARTS) is 1. The van der Waals surface area contributed by atoms with Gasteiger partial charge in [0.25, 0.3) is 0 Å². The van der Waals surface area contributed by atoms with Gasteiger partial charge in [-0.15, -0.1) is 0 Å². The lowest BCUT2D eigenvalue weighted by Crippen LogP contribution is -2.37. The number of nitrogens with one attached hydrogen (secondary N) is 4. The third-order valence-electron chi connectivity index (χ3n) is 3.22. The molecule has 0 aliphatic heterocycles. The smallest absolute Gasteiger partial charge is 0.320 e. The Hall–Kier alpha value is -2.24. The Balaban J connectivity index is 3.46. The second kappa shape index (κ2) is 14.1. The summed E-state index contributed by atoms with van der Waals surface area (Å²) in [5, 5.41) is 17.0. The van der Waals surface area contributed by atoms with Crippen molar-refractivity contribution in [2.45, 2.75) is 38.1 Å². The Kier molecular flexibility index (Phi) is 12.9. The molecule has 0 aromatic carbocycles. The third-order valence-corrected chi connectivity index (χ3v) is 3.22.